The van der Waals surface area contributed by atoms with E-state index in [4.69, 9.17) is 14.2 Å². The highest BCUT2D eigenvalue weighted by atomic mass is 16.5. The molecule has 0 aromatic heterocycles. The molecule has 2 aromatic carbocycles. The Bertz CT molecular complexity index is 883. The molecule has 0 saturated heterocycles. The van der Waals surface area contributed by atoms with Crippen LogP contribution in [0.5, 0.6) is 11.5 Å². The third-order valence-corrected chi connectivity index (χ3v) is 5.22. The number of anilines is 1. The summed E-state index contributed by atoms with van der Waals surface area (Å²) < 4.78 is 16.3. The molecular weight excluding hydrogens is 436 g/mol. The normalized spacial score (nSPS) is 11.7. The van der Waals surface area contributed by atoms with Crippen LogP contribution in [0.4, 0.5) is 10.5 Å². The van der Waals surface area contributed by atoms with Gasteiger partial charge < -0.3 is 29.5 Å². The number of amides is 2. The van der Waals surface area contributed by atoms with E-state index in [-0.39, 0.29) is 12.5 Å². The number of methoxy groups -OCH3 is 1. The molecule has 1 unspecified atom stereocenters. The van der Waals surface area contributed by atoms with Crippen LogP contribution in [-0.2, 0) is 16.0 Å². The van der Waals surface area contributed by atoms with Crippen LogP contribution in [0.1, 0.15) is 32.8 Å². The van der Waals surface area contributed by atoms with E-state index in [2.05, 4.69) is 19.2 Å². The summed E-state index contributed by atoms with van der Waals surface area (Å²) in [5.74, 6) is 0.879. The van der Waals surface area contributed by atoms with Gasteiger partial charge in [-0.3, -0.25) is 0 Å². The topological polar surface area (TPSA) is 97.3 Å². The monoisotopic (exact) mass is 472 g/mol. The molecule has 0 bridgehead atoms. The van der Waals surface area contributed by atoms with Crippen LogP contribution in [-0.4, -0.2) is 61.5 Å². The lowest BCUT2D eigenvalue weighted by atomic mass is 10.1. The molecule has 0 aliphatic carbocycles. The average Bonchev–Trinajstić information content (AvgIpc) is 2.82. The van der Waals surface area contributed by atoms with Crippen molar-refractivity contribution in [1.82, 2.24) is 4.90 Å². The molecular formula is C26H36N2O6. The van der Waals surface area contributed by atoms with Crippen molar-refractivity contribution in [3.63, 3.8) is 0 Å². The summed E-state index contributed by atoms with van der Waals surface area (Å²) in [7, 11) is 1.60. The van der Waals surface area contributed by atoms with Gasteiger partial charge in [-0.15, -0.1) is 0 Å². The van der Waals surface area contributed by atoms with E-state index in [0.29, 0.717) is 43.7 Å². The largest absolute Gasteiger partial charge is 0.497 e. The van der Waals surface area contributed by atoms with E-state index in [0.717, 1.165) is 17.7 Å². The Morgan fingerprint density at radius 3 is 2.21 bits per heavy atom. The predicted molar refractivity (Wildman–Crippen MR) is 132 cm³/mol. The maximum absolute atomic E-state index is 12.8. The number of carboxylic acid groups (broad SMARTS) is 1. The zero-order valence-corrected chi connectivity index (χ0v) is 20.5. The molecule has 2 amide bonds. The Morgan fingerprint density at radius 2 is 1.65 bits per heavy atom. The van der Waals surface area contributed by atoms with Gasteiger partial charge in [0.25, 0.3) is 0 Å². The second-order valence-electron chi connectivity index (χ2n) is 8.31. The molecule has 0 heterocycles. The number of carboxylic acids is 1. The first-order valence-corrected chi connectivity index (χ1v) is 11.6. The molecule has 2 rings (SSSR count). The van der Waals surface area contributed by atoms with Crippen LogP contribution in [0.2, 0.25) is 0 Å². The number of carbonyl (C=O) groups is 2. The van der Waals surface area contributed by atoms with Gasteiger partial charge in [0.1, 0.15) is 18.1 Å². The first-order chi connectivity index (χ1) is 16.3. The zero-order valence-electron chi connectivity index (χ0n) is 20.5. The van der Waals surface area contributed by atoms with E-state index >= 15 is 0 Å². The van der Waals surface area contributed by atoms with Crippen LogP contribution in [0.15, 0.2) is 48.5 Å². The van der Waals surface area contributed by atoms with Gasteiger partial charge in [0.15, 0.2) is 6.10 Å². The number of nitrogens with one attached hydrogen (secondary N) is 1. The molecule has 8 nitrogen and oxygen atoms in total. The van der Waals surface area contributed by atoms with Crippen LogP contribution >= 0.6 is 0 Å². The summed E-state index contributed by atoms with van der Waals surface area (Å²) in [6, 6.07) is 14.3. The van der Waals surface area contributed by atoms with Crippen LogP contribution < -0.4 is 14.8 Å². The number of nitrogens with zero attached hydrogens (tertiary/aromatic N) is 1. The van der Waals surface area contributed by atoms with E-state index in [1.54, 1.807) is 55.3 Å². The number of hydrogen-bond donors (Lipinski definition) is 2. The third kappa shape index (κ3) is 9.31. The Kier molecular flexibility index (Phi) is 11.2. The SMILES string of the molecule is CCOC(Cc1ccc(OCCN(CCC(C)C)C(=O)Nc2ccc(OC)cc2)cc1)C(=O)O. The van der Waals surface area contributed by atoms with E-state index in [9.17, 15) is 14.7 Å². The second-order valence-corrected chi connectivity index (χ2v) is 8.31. The van der Waals surface area contributed by atoms with Crippen molar-refractivity contribution in [2.24, 2.45) is 5.92 Å². The fourth-order valence-corrected chi connectivity index (χ4v) is 3.23. The first-order valence-electron chi connectivity index (χ1n) is 11.6. The molecule has 0 saturated carbocycles. The number of benzene rings is 2. The highest BCUT2D eigenvalue weighted by molar-refractivity contribution is 5.89. The van der Waals surface area contributed by atoms with Crippen molar-refractivity contribution < 1.29 is 28.9 Å². The number of carbonyl (C=O) groups excluding carboxylic acids is 1. The van der Waals surface area contributed by atoms with Crippen molar-refractivity contribution in [2.45, 2.75) is 39.7 Å². The van der Waals surface area contributed by atoms with Crippen LogP contribution in [0.25, 0.3) is 0 Å². The lowest BCUT2D eigenvalue weighted by Crippen LogP contribution is -2.39. The molecule has 0 spiro atoms. The van der Waals surface area contributed by atoms with Crippen LogP contribution in [0.3, 0.4) is 0 Å². The molecule has 0 radical (unpaired) electrons. The molecule has 0 aliphatic rings. The summed E-state index contributed by atoms with van der Waals surface area (Å²) >= 11 is 0. The zero-order chi connectivity index (χ0) is 24.9. The third-order valence-electron chi connectivity index (χ3n) is 5.22. The molecule has 1 atom stereocenters. The predicted octanol–water partition coefficient (Wildman–Crippen LogP) is 4.69. The lowest BCUT2D eigenvalue weighted by molar-refractivity contribution is -0.149. The number of ether oxygens (including phenoxy) is 3. The average molecular weight is 473 g/mol. The minimum atomic E-state index is -0.975. The minimum absolute atomic E-state index is 0.180. The fourth-order valence-electron chi connectivity index (χ4n) is 3.23. The number of aliphatic carboxylic acids is 1. The fraction of sp³-hybridized carbons (Fsp3) is 0.462. The Hall–Kier alpha value is -3.26. The molecule has 34 heavy (non-hydrogen) atoms. The smallest absolute Gasteiger partial charge is 0.333 e. The summed E-state index contributed by atoms with van der Waals surface area (Å²) in [4.78, 5) is 25.9. The summed E-state index contributed by atoms with van der Waals surface area (Å²) in [5, 5.41) is 12.2. The van der Waals surface area contributed by atoms with Gasteiger partial charge >= 0.3 is 12.0 Å². The molecule has 0 aliphatic heterocycles. The van der Waals surface area contributed by atoms with Gasteiger partial charge in [0, 0.05) is 25.3 Å². The van der Waals surface area contributed by atoms with Crippen molar-refractivity contribution >= 4 is 17.7 Å². The van der Waals surface area contributed by atoms with E-state index < -0.39 is 12.1 Å². The Labute approximate surface area is 201 Å². The molecule has 0 fully saturated rings. The minimum Gasteiger partial charge on any atom is -0.497 e. The van der Waals surface area contributed by atoms with Gasteiger partial charge in [-0.25, -0.2) is 9.59 Å². The summed E-state index contributed by atoms with van der Waals surface area (Å²) in [6.07, 6.45) is 0.309. The van der Waals surface area contributed by atoms with E-state index in [1.165, 1.54) is 0 Å². The van der Waals surface area contributed by atoms with Gasteiger partial charge in [0.2, 0.25) is 0 Å². The number of urea groups is 1. The summed E-state index contributed by atoms with van der Waals surface area (Å²) in [6.45, 7) is 7.75. The van der Waals surface area contributed by atoms with Gasteiger partial charge in [-0.2, -0.15) is 0 Å². The van der Waals surface area contributed by atoms with Gasteiger partial charge in [-0.05, 0) is 61.2 Å². The highest BCUT2D eigenvalue weighted by Crippen LogP contribution is 2.17. The Balaban J connectivity index is 1.91. The standard InChI is InChI=1S/C26H36N2O6/c1-5-33-24(25(29)30)18-20-6-10-23(11-7-20)34-17-16-28(15-14-19(2)3)26(31)27-21-8-12-22(32-4)13-9-21/h6-13,19,24H,5,14-18H2,1-4H3,(H,27,31)(H,29,30). The molecule has 2 aromatic rings. The number of rotatable bonds is 14. The summed E-state index contributed by atoms with van der Waals surface area (Å²) in [5.41, 5.74) is 1.55. The van der Waals surface area contributed by atoms with Crippen molar-refractivity contribution in [2.75, 3.05) is 38.7 Å². The maximum Gasteiger partial charge on any atom is 0.333 e. The molecule has 8 heteroatoms. The molecule has 186 valence electrons. The van der Waals surface area contributed by atoms with Crippen LogP contribution in [0, 0.1) is 5.92 Å². The van der Waals surface area contributed by atoms with Crippen molar-refractivity contribution in [1.29, 1.82) is 0 Å². The van der Waals surface area contributed by atoms with Gasteiger partial charge in [0.05, 0.1) is 13.7 Å². The second kappa shape index (κ2) is 14.1. The highest BCUT2D eigenvalue weighted by Gasteiger charge is 2.18. The number of hydrogen-bond acceptors (Lipinski definition) is 5. The van der Waals surface area contributed by atoms with Crippen molar-refractivity contribution in [3.05, 3.63) is 54.1 Å². The van der Waals surface area contributed by atoms with E-state index in [1.807, 2.05) is 12.1 Å². The Morgan fingerprint density at radius 1 is 1.00 bits per heavy atom. The maximum atomic E-state index is 12.8. The first kappa shape index (κ1) is 27.0. The lowest BCUT2D eigenvalue weighted by Gasteiger charge is -2.24. The molecule has 2 N–H and O–H groups in total. The quantitative estimate of drug-likeness (QED) is 0.414. The van der Waals surface area contributed by atoms with Crippen molar-refractivity contribution in [3.8, 4) is 11.5 Å². The van der Waals surface area contributed by atoms with Gasteiger partial charge in [-0.1, -0.05) is 26.0 Å².